The van der Waals surface area contributed by atoms with Gasteiger partial charge >= 0.3 is 5.97 Å². The number of nitrogens with zero attached hydrogens (tertiary/aromatic N) is 1. The summed E-state index contributed by atoms with van der Waals surface area (Å²) in [6.45, 7) is 1.99. The fourth-order valence-electron chi connectivity index (χ4n) is 1.09. The van der Waals surface area contributed by atoms with E-state index in [4.69, 9.17) is 5.11 Å². The van der Waals surface area contributed by atoms with Gasteiger partial charge in [0.1, 0.15) is 5.01 Å². The number of aromatic nitrogens is 1. The molecule has 1 aromatic heterocycles. The van der Waals surface area contributed by atoms with Crippen LogP contribution in [0.1, 0.15) is 15.6 Å². The molecular formula is C9H13NO3S. The molecule has 0 saturated heterocycles. The Morgan fingerprint density at radius 1 is 1.64 bits per heavy atom. The van der Waals surface area contributed by atoms with Gasteiger partial charge in [-0.15, -0.1) is 11.3 Å². The molecule has 1 heterocycles. The van der Waals surface area contributed by atoms with Gasteiger partial charge in [0.25, 0.3) is 0 Å². The molecule has 14 heavy (non-hydrogen) atoms. The number of carbonyl (C=O) groups is 1. The molecule has 5 heteroatoms. The van der Waals surface area contributed by atoms with Crippen LogP contribution in [0.2, 0.25) is 0 Å². The molecule has 0 fully saturated rings. The maximum atomic E-state index is 11.0. The highest BCUT2D eigenvalue weighted by atomic mass is 32.1. The Bertz CT molecular complexity index is 322. The van der Waals surface area contributed by atoms with Gasteiger partial charge in [-0.1, -0.05) is 0 Å². The lowest BCUT2D eigenvalue weighted by Crippen LogP contribution is -2.03. The van der Waals surface area contributed by atoms with Crippen LogP contribution in [0.25, 0.3) is 0 Å². The van der Waals surface area contributed by atoms with E-state index in [2.05, 4.69) is 9.72 Å². The van der Waals surface area contributed by atoms with Crippen LogP contribution in [-0.4, -0.2) is 29.8 Å². The van der Waals surface area contributed by atoms with E-state index in [0.717, 1.165) is 15.6 Å². The highest BCUT2D eigenvalue weighted by molar-refractivity contribution is 7.11. The number of hydrogen-bond donors (Lipinski definition) is 1. The summed E-state index contributed by atoms with van der Waals surface area (Å²) in [5.74, 6) is -0.283. The Kier molecular flexibility index (Phi) is 4.03. The predicted octanol–water partition coefficient (Wildman–Crippen LogP) is 0.702. The largest absolute Gasteiger partial charge is 0.469 e. The topological polar surface area (TPSA) is 59.4 Å². The standard InChI is InChI=1S/C9H13NO3S/c1-6-7(3-4-11)14-8(10-6)5-9(12)13-2/h11H,3-5H2,1-2H3. The van der Waals surface area contributed by atoms with Crippen LogP contribution in [0.4, 0.5) is 0 Å². The normalized spacial score (nSPS) is 10.2. The second-order valence-electron chi connectivity index (χ2n) is 2.84. The number of esters is 1. The summed E-state index contributed by atoms with van der Waals surface area (Å²) in [6, 6.07) is 0. The van der Waals surface area contributed by atoms with E-state index in [1.807, 2.05) is 6.92 Å². The molecule has 0 spiro atoms. The van der Waals surface area contributed by atoms with Crippen LogP contribution in [0.5, 0.6) is 0 Å². The maximum Gasteiger partial charge on any atom is 0.312 e. The molecule has 0 saturated carbocycles. The third kappa shape index (κ3) is 2.78. The first-order chi connectivity index (χ1) is 6.67. The van der Waals surface area contributed by atoms with E-state index in [-0.39, 0.29) is 19.0 Å². The van der Waals surface area contributed by atoms with Crippen molar-refractivity contribution in [1.82, 2.24) is 4.98 Å². The lowest BCUT2D eigenvalue weighted by atomic mass is 10.3. The molecule has 1 rings (SSSR count). The van der Waals surface area contributed by atoms with E-state index < -0.39 is 0 Å². The van der Waals surface area contributed by atoms with E-state index >= 15 is 0 Å². The summed E-state index contributed by atoms with van der Waals surface area (Å²) < 4.78 is 4.54. The second kappa shape index (κ2) is 5.07. The third-order valence-electron chi connectivity index (χ3n) is 1.80. The molecular weight excluding hydrogens is 202 g/mol. The first kappa shape index (κ1) is 11.1. The van der Waals surface area contributed by atoms with Gasteiger partial charge in [0.15, 0.2) is 0 Å². The fourth-order valence-corrected chi connectivity index (χ4v) is 2.14. The van der Waals surface area contributed by atoms with Gasteiger partial charge in [-0.25, -0.2) is 4.98 Å². The van der Waals surface area contributed by atoms with Gasteiger partial charge in [-0.2, -0.15) is 0 Å². The molecule has 0 aliphatic carbocycles. The van der Waals surface area contributed by atoms with Crippen LogP contribution in [0.15, 0.2) is 0 Å². The van der Waals surface area contributed by atoms with Crippen molar-refractivity contribution < 1.29 is 14.6 Å². The summed E-state index contributed by atoms with van der Waals surface area (Å²) in [7, 11) is 1.36. The van der Waals surface area contributed by atoms with Crippen molar-refractivity contribution in [3.63, 3.8) is 0 Å². The van der Waals surface area contributed by atoms with Crippen LogP contribution in [0.3, 0.4) is 0 Å². The Balaban J connectivity index is 2.70. The smallest absolute Gasteiger partial charge is 0.312 e. The van der Waals surface area contributed by atoms with Crippen molar-refractivity contribution in [3.8, 4) is 0 Å². The Morgan fingerprint density at radius 2 is 2.36 bits per heavy atom. The van der Waals surface area contributed by atoms with Crippen molar-refractivity contribution in [2.24, 2.45) is 0 Å². The number of thiazole rings is 1. The second-order valence-corrected chi connectivity index (χ2v) is 4.01. The third-order valence-corrected chi connectivity index (χ3v) is 3.02. The molecule has 0 amide bonds. The lowest BCUT2D eigenvalue weighted by Gasteiger charge is -1.93. The number of carbonyl (C=O) groups excluding carboxylic acids is 1. The van der Waals surface area contributed by atoms with Gasteiger partial charge in [0, 0.05) is 17.9 Å². The number of methoxy groups -OCH3 is 1. The summed E-state index contributed by atoms with van der Waals surface area (Å²) >= 11 is 1.46. The molecule has 0 unspecified atom stereocenters. The molecule has 78 valence electrons. The lowest BCUT2D eigenvalue weighted by molar-refractivity contribution is -0.139. The molecule has 0 bridgehead atoms. The summed E-state index contributed by atoms with van der Waals surface area (Å²) in [5, 5.41) is 9.52. The molecule has 0 radical (unpaired) electrons. The molecule has 4 nitrogen and oxygen atoms in total. The monoisotopic (exact) mass is 215 g/mol. The Hall–Kier alpha value is -0.940. The zero-order valence-electron chi connectivity index (χ0n) is 8.24. The van der Waals surface area contributed by atoms with E-state index in [9.17, 15) is 4.79 Å². The number of aliphatic hydroxyl groups is 1. The molecule has 0 atom stereocenters. The predicted molar refractivity (Wildman–Crippen MR) is 53.4 cm³/mol. The van der Waals surface area contributed by atoms with Crippen molar-refractivity contribution >= 4 is 17.3 Å². The van der Waals surface area contributed by atoms with Gasteiger partial charge in [-0.3, -0.25) is 4.79 Å². The zero-order chi connectivity index (χ0) is 10.6. The van der Waals surface area contributed by atoms with Gasteiger partial charge < -0.3 is 9.84 Å². The highest BCUT2D eigenvalue weighted by Gasteiger charge is 2.10. The van der Waals surface area contributed by atoms with Crippen LogP contribution >= 0.6 is 11.3 Å². The van der Waals surface area contributed by atoms with Crippen molar-refractivity contribution in [2.75, 3.05) is 13.7 Å². The van der Waals surface area contributed by atoms with E-state index in [1.165, 1.54) is 18.4 Å². The van der Waals surface area contributed by atoms with Gasteiger partial charge in [0.2, 0.25) is 0 Å². The van der Waals surface area contributed by atoms with E-state index in [1.54, 1.807) is 0 Å². The van der Waals surface area contributed by atoms with Crippen molar-refractivity contribution in [3.05, 3.63) is 15.6 Å². The maximum absolute atomic E-state index is 11.0. The number of aryl methyl sites for hydroxylation is 1. The number of aliphatic hydroxyl groups excluding tert-OH is 1. The minimum Gasteiger partial charge on any atom is -0.469 e. The summed E-state index contributed by atoms with van der Waals surface area (Å²) in [5.41, 5.74) is 0.892. The fraction of sp³-hybridized carbons (Fsp3) is 0.556. The Morgan fingerprint density at radius 3 is 2.93 bits per heavy atom. The minimum atomic E-state index is -0.283. The summed E-state index contributed by atoms with van der Waals surface area (Å²) in [6.07, 6.45) is 0.818. The van der Waals surface area contributed by atoms with Crippen LogP contribution < -0.4 is 0 Å². The van der Waals surface area contributed by atoms with E-state index in [0.29, 0.717) is 6.42 Å². The molecule has 1 aromatic rings. The van der Waals surface area contributed by atoms with Crippen LogP contribution in [0, 0.1) is 6.92 Å². The Labute approximate surface area is 86.6 Å². The average molecular weight is 215 g/mol. The zero-order valence-corrected chi connectivity index (χ0v) is 9.06. The van der Waals surface area contributed by atoms with Crippen molar-refractivity contribution in [1.29, 1.82) is 0 Å². The highest BCUT2D eigenvalue weighted by Crippen LogP contribution is 2.19. The molecule has 1 N–H and O–H groups in total. The number of rotatable bonds is 4. The van der Waals surface area contributed by atoms with Crippen LogP contribution in [-0.2, 0) is 22.4 Å². The molecule has 0 aromatic carbocycles. The summed E-state index contributed by atoms with van der Waals surface area (Å²) in [4.78, 5) is 16.2. The van der Waals surface area contributed by atoms with Crippen molar-refractivity contribution in [2.45, 2.75) is 19.8 Å². The first-order valence-electron chi connectivity index (χ1n) is 4.30. The van der Waals surface area contributed by atoms with Gasteiger partial charge in [-0.05, 0) is 6.92 Å². The van der Waals surface area contributed by atoms with Gasteiger partial charge in [0.05, 0.1) is 19.2 Å². The first-order valence-corrected chi connectivity index (χ1v) is 5.12. The molecule has 0 aliphatic heterocycles. The quantitative estimate of drug-likeness (QED) is 0.751. The SMILES string of the molecule is COC(=O)Cc1nc(C)c(CCO)s1. The molecule has 0 aliphatic rings. The minimum absolute atomic E-state index is 0.112. The number of hydrogen-bond acceptors (Lipinski definition) is 5. The number of ether oxygens (including phenoxy) is 1. The average Bonchev–Trinajstić information content (AvgIpc) is 2.47.